The summed E-state index contributed by atoms with van der Waals surface area (Å²) >= 11 is 18.9. The highest BCUT2D eigenvalue weighted by Gasteiger charge is 2.26. The van der Waals surface area contributed by atoms with Crippen LogP contribution in [0.5, 0.6) is 11.5 Å². The van der Waals surface area contributed by atoms with Crippen molar-refractivity contribution in [1.29, 1.82) is 0 Å². The monoisotopic (exact) mass is 588 g/mol. The average Bonchev–Trinajstić information content (AvgIpc) is 2.83. The second kappa shape index (κ2) is 14.8. The fraction of sp³-hybridized carbons (Fsp3) is 0.500. The van der Waals surface area contributed by atoms with E-state index in [1.807, 2.05) is 38.1 Å². The van der Waals surface area contributed by atoms with Crippen molar-refractivity contribution in [3.8, 4) is 11.5 Å². The van der Waals surface area contributed by atoms with Gasteiger partial charge in [-0.1, -0.05) is 49.2 Å². The van der Waals surface area contributed by atoms with E-state index in [-0.39, 0.29) is 37.8 Å². The predicted molar refractivity (Wildman–Crippen MR) is 149 cm³/mol. The molecule has 38 heavy (non-hydrogen) atoms. The summed E-state index contributed by atoms with van der Waals surface area (Å²) in [6, 6.07) is 11.2. The normalized spacial score (nSPS) is 13.1. The van der Waals surface area contributed by atoms with Gasteiger partial charge in [-0.2, -0.15) is 0 Å². The van der Waals surface area contributed by atoms with Crippen LogP contribution in [0.3, 0.4) is 0 Å². The molecule has 0 amide bonds. The van der Waals surface area contributed by atoms with Crippen LogP contribution in [0.1, 0.15) is 52.7 Å². The Bertz CT molecular complexity index is 1050. The molecular formula is C28H35Cl3O7. The number of alkyl halides is 1. The summed E-state index contributed by atoms with van der Waals surface area (Å²) in [6.07, 6.45) is -1.12. The second-order valence-electron chi connectivity index (χ2n) is 9.54. The molecule has 0 aliphatic carbocycles. The zero-order chi connectivity index (χ0) is 28.5. The molecule has 0 aromatic heterocycles. The maximum absolute atomic E-state index is 11.4. The van der Waals surface area contributed by atoms with Gasteiger partial charge in [0.25, 0.3) is 0 Å². The summed E-state index contributed by atoms with van der Waals surface area (Å²) in [7, 11) is 0. The molecule has 0 saturated heterocycles. The van der Waals surface area contributed by atoms with Crippen molar-refractivity contribution in [2.24, 2.45) is 0 Å². The summed E-state index contributed by atoms with van der Waals surface area (Å²) in [5, 5.41) is 0.661. The lowest BCUT2D eigenvalue weighted by atomic mass is 9.78. The van der Waals surface area contributed by atoms with Crippen LogP contribution in [0.15, 0.2) is 36.4 Å². The van der Waals surface area contributed by atoms with E-state index in [1.165, 1.54) is 13.8 Å². The molecule has 0 aliphatic rings. The first-order valence-corrected chi connectivity index (χ1v) is 13.5. The van der Waals surface area contributed by atoms with Gasteiger partial charge in [0.1, 0.15) is 25.1 Å². The van der Waals surface area contributed by atoms with Gasteiger partial charge in [0.05, 0.1) is 28.6 Å². The van der Waals surface area contributed by atoms with Crippen LogP contribution in [0.25, 0.3) is 0 Å². The Morgan fingerprint density at radius 1 is 0.816 bits per heavy atom. The highest BCUT2D eigenvalue weighted by atomic mass is 35.5. The van der Waals surface area contributed by atoms with Gasteiger partial charge in [-0.25, -0.2) is 0 Å². The van der Waals surface area contributed by atoms with Crippen molar-refractivity contribution in [3.63, 3.8) is 0 Å². The minimum Gasteiger partial charge on any atom is -0.490 e. The van der Waals surface area contributed by atoms with Gasteiger partial charge in [0.2, 0.25) is 0 Å². The van der Waals surface area contributed by atoms with Gasteiger partial charge in [0, 0.05) is 19.3 Å². The summed E-state index contributed by atoms with van der Waals surface area (Å²) in [5.74, 6) is 0.167. The molecule has 0 saturated carbocycles. The quantitative estimate of drug-likeness (QED) is 0.181. The van der Waals surface area contributed by atoms with Crippen molar-refractivity contribution >= 4 is 46.7 Å². The molecule has 210 valence electrons. The van der Waals surface area contributed by atoms with Gasteiger partial charge in [-0.05, 0) is 49.2 Å². The van der Waals surface area contributed by atoms with Crippen molar-refractivity contribution in [2.75, 3.05) is 25.7 Å². The average molecular weight is 590 g/mol. The number of halogens is 3. The highest BCUT2D eigenvalue weighted by molar-refractivity contribution is 6.37. The third-order valence-corrected chi connectivity index (χ3v) is 6.50. The molecule has 0 fully saturated rings. The number of esters is 2. The topological polar surface area (TPSA) is 80.3 Å². The van der Waals surface area contributed by atoms with Crippen molar-refractivity contribution in [1.82, 2.24) is 0 Å². The largest absolute Gasteiger partial charge is 0.490 e. The van der Waals surface area contributed by atoms with Crippen LogP contribution >= 0.6 is 34.8 Å². The number of carbonyl (C=O) groups is 2. The first-order valence-electron chi connectivity index (χ1n) is 12.2. The number of carbonyl (C=O) groups excluding carboxylic acids is 2. The number of rotatable bonds is 14. The van der Waals surface area contributed by atoms with Crippen molar-refractivity contribution in [2.45, 2.75) is 65.3 Å². The Balaban J connectivity index is 2.12. The number of benzene rings is 2. The number of ether oxygens (including phenoxy) is 5. The Morgan fingerprint density at radius 2 is 1.34 bits per heavy atom. The predicted octanol–water partition coefficient (Wildman–Crippen LogP) is 6.60. The molecule has 0 aliphatic heterocycles. The Labute approximate surface area is 239 Å². The first kappa shape index (κ1) is 32.0. The van der Waals surface area contributed by atoms with E-state index in [2.05, 4.69) is 13.8 Å². The third-order valence-electron chi connectivity index (χ3n) is 5.60. The van der Waals surface area contributed by atoms with Crippen LogP contribution in [-0.4, -0.2) is 56.0 Å². The van der Waals surface area contributed by atoms with Crippen LogP contribution in [0.2, 0.25) is 10.0 Å². The SMILES string of the molecule is CC(=O)OC(COc1ccc(C(C)(C)c2cc(Cl)c(OC[C@@H](CCl)OC(C)=O)c(Cl)c2)cc1)COC(C)C. The van der Waals surface area contributed by atoms with Gasteiger partial charge < -0.3 is 23.7 Å². The van der Waals surface area contributed by atoms with E-state index in [1.54, 1.807) is 12.1 Å². The lowest BCUT2D eigenvalue weighted by Crippen LogP contribution is -2.30. The van der Waals surface area contributed by atoms with Crippen molar-refractivity contribution < 1.29 is 33.3 Å². The molecule has 2 rings (SSSR count). The van der Waals surface area contributed by atoms with E-state index in [9.17, 15) is 9.59 Å². The van der Waals surface area contributed by atoms with Gasteiger partial charge in [-0.15, -0.1) is 11.6 Å². The van der Waals surface area contributed by atoms with Crippen LogP contribution in [0.4, 0.5) is 0 Å². The van der Waals surface area contributed by atoms with Crippen molar-refractivity contribution in [3.05, 3.63) is 57.6 Å². The minimum atomic E-state index is -0.620. The van der Waals surface area contributed by atoms with E-state index in [0.717, 1.165) is 11.1 Å². The fourth-order valence-corrected chi connectivity index (χ4v) is 4.30. The van der Waals surface area contributed by atoms with Crippen LogP contribution < -0.4 is 9.47 Å². The zero-order valence-electron chi connectivity index (χ0n) is 22.5. The van der Waals surface area contributed by atoms with E-state index in [4.69, 9.17) is 58.5 Å². The van der Waals surface area contributed by atoms with E-state index in [0.29, 0.717) is 21.5 Å². The van der Waals surface area contributed by atoms with Crippen LogP contribution in [-0.2, 0) is 29.2 Å². The molecule has 0 N–H and O–H groups in total. The Morgan fingerprint density at radius 3 is 1.84 bits per heavy atom. The molecule has 10 heteroatoms. The van der Waals surface area contributed by atoms with Gasteiger partial charge >= 0.3 is 11.9 Å². The standard InChI is InChI=1S/C28H35Cl3O7/c1-17(2)34-15-24(38-19(4)33)16-35-22-9-7-20(8-10-22)28(5,6)21-11-25(30)27(26(31)12-21)36-14-23(13-29)37-18(3)32/h7-12,17,23-24H,13-16H2,1-6H3/t23-,24?/m1/s1. The molecule has 0 spiro atoms. The summed E-state index contributed by atoms with van der Waals surface area (Å²) < 4.78 is 27.5. The number of hydrogen-bond donors (Lipinski definition) is 0. The molecule has 2 atom stereocenters. The van der Waals surface area contributed by atoms with Gasteiger partial charge in [-0.3, -0.25) is 9.59 Å². The lowest BCUT2D eigenvalue weighted by Gasteiger charge is -2.27. The molecule has 0 heterocycles. The van der Waals surface area contributed by atoms with E-state index >= 15 is 0 Å². The Hall–Kier alpha value is -2.19. The molecule has 0 radical (unpaired) electrons. The van der Waals surface area contributed by atoms with E-state index < -0.39 is 23.6 Å². The number of hydrogen-bond acceptors (Lipinski definition) is 7. The maximum Gasteiger partial charge on any atom is 0.303 e. The molecular weight excluding hydrogens is 555 g/mol. The molecule has 7 nitrogen and oxygen atoms in total. The van der Waals surface area contributed by atoms with Crippen LogP contribution in [0, 0.1) is 0 Å². The lowest BCUT2D eigenvalue weighted by molar-refractivity contribution is -0.152. The van der Waals surface area contributed by atoms with Gasteiger partial charge in [0.15, 0.2) is 11.9 Å². The summed E-state index contributed by atoms with van der Waals surface area (Å²) in [4.78, 5) is 22.6. The smallest absolute Gasteiger partial charge is 0.303 e. The second-order valence-corrected chi connectivity index (χ2v) is 10.7. The summed E-state index contributed by atoms with van der Waals surface area (Å²) in [6.45, 7) is 11.0. The Kier molecular flexibility index (Phi) is 12.5. The maximum atomic E-state index is 11.4. The molecule has 0 bridgehead atoms. The summed E-state index contributed by atoms with van der Waals surface area (Å²) in [5.41, 5.74) is 1.43. The highest BCUT2D eigenvalue weighted by Crippen LogP contribution is 2.40. The fourth-order valence-electron chi connectivity index (χ4n) is 3.55. The molecule has 2 aromatic carbocycles. The minimum absolute atomic E-state index is 0.0144. The zero-order valence-corrected chi connectivity index (χ0v) is 24.8. The molecule has 2 aromatic rings. The third kappa shape index (κ3) is 9.84. The molecule has 1 unspecified atom stereocenters. The first-order chi connectivity index (χ1) is 17.8.